The van der Waals surface area contributed by atoms with Crippen molar-refractivity contribution in [3.63, 3.8) is 0 Å². The van der Waals surface area contributed by atoms with E-state index in [0.29, 0.717) is 17.2 Å². The van der Waals surface area contributed by atoms with E-state index < -0.39 is 17.5 Å². The summed E-state index contributed by atoms with van der Waals surface area (Å²) in [5, 5.41) is 2.65. The maximum Gasteiger partial charge on any atom is 0.258 e. The minimum Gasteiger partial charge on any atom is -0.493 e. The van der Waals surface area contributed by atoms with Crippen LogP contribution in [0, 0.1) is 11.6 Å². The lowest BCUT2D eigenvalue weighted by Crippen LogP contribution is -2.28. The molecule has 0 aliphatic heterocycles. The molecule has 0 radical (unpaired) electrons. The van der Waals surface area contributed by atoms with Crippen LogP contribution in [0.25, 0.3) is 0 Å². The maximum absolute atomic E-state index is 13.1. The van der Waals surface area contributed by atoms with E-state index in [-0.39, 0.29) is 18.9 Å². The van der Waals surface area contributed by atoms with E-state index >= 15 is 0 Å². The fourth-order valence-corrected chi connectivity index (χ4v) is 2.20. The first-order valence-corrected chi connectivity index (χ1v) is 7.62. The Hall–Kier alpha value is -3.03. The van der Waals surface area contributed by atoms with Gasteiger partial charge in [0.2, 0.25) is 5.75 Å². The van der Waals surface area contributed by atoms with E-state index in [0.717, 1.165) is 17.7 Å². The Morgan fingerprint density at radius 3 is 2.15 bits per heavy atom. The lowest BCUT2D eigenvalue weighted by Gasteiger charge is -2.14. The number of rotatable bonds is 8. The highest BCUT2D eigenvalue weighted by molar-refractivity contribution is 5.77. The molecule has 2 rings (SSSR count). The highest BCUT2D eigenvalue weighted by atomic mass is 19.2. The van der Waals surface area contributed by atoms with E-state index in [9.17, 15) is 13.6 Å². The molecule has 0 bridgehead atoms. The highest BCUT2D eigenvalue weighted by Crippen LogP contribution is 2.38. The van der Waals surface area contributed by atoms with E-state index in [4.69, 9.17) is 18.9 Å². The molecule has 0 saturated carbocycles. The second-order valence-electron chi connectivity index (χ2n) is 5.17. The van der Waals surface area contributed by atoms with Gasteiger partial charge in [-0.15, -0.1) is 0 Å². The number of halogens is 2. The zero-order valence-corrected chi connectivity index (χ0v) is 14.6. The van der Waals surface area contributed by atoms with E-state index in [1.807, 2.05) is 0 Å². The van der Waals surface area contributed by atoms with Crippen molar-refractivity contribution in [3.05, 3.63) is 47.5 Å². The summed E-state index contributed by atoms with van der Waals surface area (Å²) in [5.74, 6) is -1.00. The van der Waals surface area contributed by atoms with Gasteiger partial charge in [-0.25, -0.2) is 8.78 Å². The molecule has 2 aromatic rings. The topological polar surface area (TPSA) is 66.0 Å². The predicted octanol–water partition coefficient (Wildman–Crippen LogP) is 2.69. The summed E-state index contributed by atoms with van der Waals surface area (Å²) in [7, 11) is 4.49. The molecule has 8 heteroatoms. The Morgan fingerprint density at radius 1 is 0.962 bits per heavy atom. The Bertz CT molecular complexity index is 757. The maximum atomic E-state index is 13.1. The van der Waals surface area contributed by atoms with Crippen molar-refractivity contribution in [1.82, 2.24) is 5.32 Å². The fourth-order valence-electron chi connectivity index (χ4n) is 2.20. The van der Waals surface area contributed by atoms with E-state index in [1.54, 1.807) is 12.1 Å². The van der Waals surface area contributed by atoms with Crippen LogP contribution in [0.3, 0.4) is 0 Å². The van der Waals surface area contributed by atoms with Crippen LogP contribution in [0.2, 0.25) is 0 Å². The molecule has 1 N–H and O–H groups in total. The monoisotopic (exact) mass is 367 g/mol. The first-order valence-electron chi connectivity index (χ1n) is 7.62. The summed E-state index contributed by atoms with van der Waals surface area (Å²) < 4.78 is 46.8. The van der Waals surface area contributed by atoms with E-state index in [1.165, 1.54) is 27.4 Å². The molecular formula is C18H19F2NO5. The van der Waals surface area contributed by atoms with Crippen LogP contribution in [0.4, 0.5) is 8.78 Å². The van der Waals surface area contributed by atoms with Gasteiger partial charge < -0.3 is 24.3 Å². The average molecular weight is 367 g/mol. The largest absolute Gasteiger partial charge is 0.493 e. The average Bonchev–Trinajstić information content (AvgIpc) is 2.66. The number of carbonyl (C=O) groups is 1. The Morgan fingerprint density at radius 2 is 1.62 bits per heavy atom. The van der Waals surface area contributed by atoms with Gasteiger partial charge in [-0.2, -0.15) is 0 Å². The number of carbonyl (C=O) groups excluding carboxylic acids is 1. The first kappa shape index (κ1) is 19.3. The van der Waals surface area contributed by atoms with Crippen molar-refractivity contribution >= 4 is 5.91 Å². The number of hydrogen-bond acceptors (Lipinski definition) is 5. The molecule has 1 amide bonds. The van der Waals surface area contributed by atoms with Gasteiger partial charge >= 0.3 is 0 Å². The van der Waals surface area contributed by atoms with Gasteiger partial charge in [-0.1, -0.05) is 0 Å². The zero-order valence-electron chi connectivity index (χ0n) is 14.6. The number of nitrogens with one attached hydrogen (secondary N) is 1. The summed E-state index contributed by atoms with van der Waals surface area (Å²) >= 11 is 0. The Kier molecular flexibility index (Phi) is 6.60. The normalized spacial score (nSPS) is 10.2. The molecule has 2 aromatic carbocycles. The molecule has 0 unspecified atom stereocenters. The second-order valence-corrected chi connectivity index (χ2v) is 5.17. The zero-order chi connectivity index (χ0) is 19.1. The third kappa shape index (κ3) is 4.75. The molecule has 0 fully saturated rings. The number of ether oxygens (including phenoxy) is 4. The third-order valence-corrected chi connectivity index (χ3v) is 3.48. The molecule has 0 atom stereocenters. The van der Waals surface area contributed by atoms with Gasteiger partial charge in [0.25, 0.3) is 5.91 Å². The Balaban J connectivity index is 1.95. The van der Waals surface area contributed by atoms with Crippen LogP contribution < -0.4 is 24.3 Å². The number of methoxy groups -OCH3 is 3. The van der Waals surface area contributed by atoms with Crippen LogP contribution in [0.1, 0.15) is 5.56 Å². The summed E-state index contributed by atoms with van der Waals surface area (Å²) in [6, 6.07) is 6.46. The molecule has 6 nitrogen and oxygen atoms in total. The summed E-state index contributed by atoms with van der Waals surface area (Å²) in [6.45, 7) is -0.147. The van der Waals surface area contributed by atoms with Crippen LogP contribution in [-0.2, 0) is 11.3 Å². The van der Waals surface area contributed by atoms with Crippen molar-refractivity contribution < 1.29 is 32.5 Å². The minimum absolute atomic E-state index is 0.0619. The molecule has 0 aliphatic rings. The molecule has 26 heavy (non-hydrogen) atoms. The smallest absolute Gasteiger partial charge is 0.258 e. The third-order valence-electron chi connectivity index (χ3n) is 3.48. The molecule has 0 aromatic heterocycles. The molecular weight excluding hydrogens is 348 g/mol. The van der Waals surface area contributed by atoms with Crippen molar-refractivity contribution in [2.75, 3.05) is 27.9 Å². The van der Waals surface area contributed by atoms with E-state index in [2.05, 4.69) is 5.32 Å². The van der Waals surface area contributed by atoms with Gasteiger partial charge in [0.05, 0.1) is 21.3 Å². The fraction of sp³-hybridized carbons (Fsp3) is 0.278. The van der Waals surface area contributed by atoms with Crippen LogP contribution in [-0.4, -0.2) is 33.8 Å². The minimum atomic E-state index is -1.04. The van der Waals surface area contributed by atoms with Gasteiger partial charge in [-0.05, 0) is 29.8 Å². The Labute approximate surface area is 149 Å². The lowest BCUT2D eigenvalue weighted by atomic mass is 10.1. The SMILES string of the molecule is COc1cc(CNC(=O)COc2ccc(F)c(F)c2)cc(OC)c1OC. The van der Waals surface area contributed by atoms with Crippen molar-refractivity contribution in [1.29, 1.82) is 0 Å². The number of hydrogen-bond donors (Lipinski definition) is 1. The summed E-state index contributed by atoms with van der Waals surface area (Å²) in [6.07, 6.45) is 0. The van der Waals surface area contributed by atoms with Crippen molar-refractivity contribution in [2.24, 2.45) is 0 Å². The van der Waals surface area contributed by atoms with Crippen LogP contribution in [0.5, 0.6) is 23.0 Å². The summed E-state index contributed by atoms with van der Waals surface area (Å²) in [4.78, 5) is 11.9. The predicted molar refractivity (Wildman–Crippen MR) is 89.8 cm³/mol. The van der Waals surface area contributed by atoms with Crippen LogP contribution in [0.15, 0.2) is 30.3 Å². The molecule has 0 aliphatic carbocycles. The van der Waals surface area contributed by atoms with Crippen LogP contribution >= 0.6 is 0 Å². The second kappa shape index (κ2) is 8.89. The quantitative estimate of drug-likeness (QED) is 0.777. The lowest BCUT2D eigenvalue weighted by molar-refractivity contribution is -0.123. The van der Waals surface area contributed by atoms with Gasteiger partial charge in [0.15, 0.2) is 29.7 Å². The molecule has 0 spiro atoms. The number of amides is 1. The van der Waals surface area contributed by atoms with Gasteiger partial charge in [0.1, 0.15) is 5.75 Å². The van der Waals surface area contributed by atoms with Crippen molar-refractivity contribution in [3.8, 4) is 23.0 Å². The van der Waals surface area contributed by atoms with Gasteiger partial charge in [0, 0.05) is 12.6 Å². The molecule has 140 valence electrons. The summed E-state index contributed by atoms with van der Waals surface area (Å²) in [5.41, 5.74) is 0.723. The first-order chi connectivity index (χ1) is 12.5. The van der Waals surface area contributed by atoms with Gasteiger partial charge in [-0.3, -0.25) is 4.79 Å². The molecule has 0 saturated heterocycles. The van der Waals surface area contributed by atoms with Crippen molar-refractivity contribution in [2.45, 2.75) is 6.54 Å². The molecule has 0 heterocycles. The standard InChI is InChI=1S/C18H19F2NO5/c1-23-15-6-11(7-16(24-2)18(15)25-3)9-21-17(22)10-26-12-4-5-13(19)14(20)8-12/h4-8H,9-10H2,1-3H3,(H,21,22). The number of benzene rings is 2. The highest BCUT2D eigenvalue weighted by Gasteiger charge is 2.14.